The zero-order chi connectivity index (χ0) is 11.7. The second kappa shape index (κ2) is 4.16. The quantitative estimate of drug-likeness (QED) is 0.822. The molecular weight excluding hydrogens is 223 g/mol. The molecule has 1 aromatic rings. The van der Waals surface area contributed by atoms with Crippen LogP contribution < -0.4 is 0 Å². The van der Waals surface area contributed by atoms with Crippen LogP contribution >= 0.6 is 11.6 Å². The van der Waals surface area contributed by atoms with E-state index in [0.717, 1.165) is 0 Å². The number of carboxylic acids is 1. The highest BCUT2D eigenvalue weighted by atomic mass is 35.5. The first-order chi connectivity index (χ1) is 6.86. The van der Waals surface area contributed by atoms with Gasteiger partial charge in [-0.3, -0.25) is 0 Å². The lowest BCUT2D eigenvalue weighted by atomic mass is 9.99. The first-order valence-electron chi connectivity index (χ1n) is 4.22. The average molecular weight is 233 g/mol. The summed E-state index contributed by atoms with van der Waals surface area (Å²) in [6.07, 6.45) is -1.89. The molecule has 1 aromatic carbocycles. The molecule has 0 fully saturated rings. The smallest absolute Gasteiger partial charge is 0.337 e. The lowest BCUT2D eigenvalue weighted by molar-refractivity contribution is -0.147. The van der Waals surface area contributed by atoms with E-state index in [1.54, 1.807) is 0 Å². The molecule has 0 radical (unpaired) electrons. The molecule has 15 heavy (non-hydrogen) atoms. The summed E-state index contributed by atoms with van der Waals surface area (Å²) in [5.41, 5.74) is 0.183. The maximum Gasteiger partial charge on any atom is 0.337 e. The third-order valence-electron chi connectivity index (χ3n) is 2.20. The number of hydrogen-bond donors (Lipinski definition) is 2. The molecule has 0 spiro atoms. The van der Waals surface area contributed by atoms with Gasteiger partial charge in [-0.2, -0.15) is 0 Å². The van der Waals surface area contributed by atoms with E-state index < -0.39 is 17.9 Å². The predicted molar refractivity (Wildman–Crippen MR) is 53.5 cm³/mol. The molecular formula is C10H10ClFO3. The minimum atomic E-state index is -1.89. The van der Waals surface area contributed by atoms with Crippen molar-refractivity contribution in [3.8, 4) is 0 Å². The Labute approximate surface area is 91.1 Å². The number of rotatable bonds is 2. The Morgan fingerprint density at radius 2 is 2.07 bits per heavy atom. The molecule has 82 valence electrons. The molecule has 0 aromatic heterocycles. The fourth-order valence-electron chi connectivity index (χ4n) is 1.32. The molecule has 1 atom stereocenters. The van der Waals surface area contributed by atoms with Crippen LogP contribution in [0.15, 0.2) is 6.07 Å². The minimum absolute atomic E-state index is 0.209. The summed E-state index contributed by atoms with van der Waals surface area (Å²) in [6.45, 7) is 2.92. The van der Waals surface area contributed by atoms with Gasteiger partial charge in [-0.15, -0.1) is 0 Å². The Kier molecular flexibility index (Phi) is 3.31. The van der Waals surface area contributed by atoms with Crippen molar-refractivity contribution in [3.05, 3.63) is 33.6 Å². The van der Waals surface area contributed by atoms with Crippen molar-refractivity contribution in [1.29, 1.82) is 0 Å². The molecule has 0 amide bonds. The number of halogens is 2. The summed E-state index contributed by atoms with van der Waals surface area (Å²) >= 11 is 5.77. The van der Waals surface area contributed by atoms with Crippen LogP contribution in [-0.2, 0) is 4.79 Å². The Balaban J connectivity index is 3.45. The summed E-state index contributed by atoms with van der Waals surface area (Å²) in [7, 11) is 0. The zero-order valence-corrected chi connectivity index (χ0v) is 8.97. The fourth-order valence-corrected chi connectivity index (χ4v) is 1.58. The standard InChI is InChI=1S/C10H10ClFO3/c1-4-3-6(11)5(2)7(8(4)12)9(13)10(14)15/h3,9,13H,1-2H3,(H,14,15). The summed E-state index contributed by atoms with van der Waals surface area (Å²) in [6, 6.07) is 1.39. The molecule has 1 rings (SSSR count). The van der Waals surface area contributed by atoms with Crippen LogP contribution in [0.1, 0.15) is 22.8 Å². The van der Waals surface area contributed by atoms with Crippen LogP contribution in [0.5, 0.6) is 0 Å². The Morgan fingerprint density at radius 3 is 2.53 bits per heavy atom. The van der Waals surface area contributed by atoms with Gasteiger partial charge in [0.05, 0.1) is 0 Å². The number of hydrogen-bond acceptors (Lipinski definition) is 2. The number of aliphatic hydroxyl groups is 1. The second-order valence-electron chi connectivity index (χ2n) is 3.27. The normalized spacial score (nSPS) is 12.6. The average Bonchev–Trinajstić information content (AvgIpc) is 2.15. The van der Waals surface area contributed by atoms with E-state index in [1.807, 2.05) is 0 Å². The summed E-state index contributed by atoms with van der Waals surface area (Å²) < 4.78 is 13.6. The van der Waals surface area contributed by atoms with Crippen LogP contribution in [0.25, 0.3) is 0 Å². The van der Waals surface area contributed by atoms with Crippen molar-refractivity contribution < 1.29 is 19.4 Å². The molecule has 0 aliphatic rings. The summed E-state index contributed by atoms with van der Waals surface area (Å²) in [5, 5.41) is 18.2. The van der Waals surface area contributed by atoms with Gasteiger partial charge in [-0.25, -0.2) is 9.18 Å². The van der Waals surface area contributed by atoms with Crippen LogP contribution in [0.4, 0.5) is 4.39 Å². The van der Waals surface area contributed by atoms with Gasteiger partial charge >= 0.3 is 5.97 Å². The van der Waals surface area contributed by atoms with E-state index in [0.29, 0.717) is 0 Å². The van der Waals surface area contributed by atoms with E-state index >= 15 is 0 Å². The number of carboxylic acid groups (broad SMARTS) is 1. The number of aliphatic carboxylic acids is 1. The van der Waals surface area contributed by atoms with Crippen molar-refractivity contribution in [2.75, 3.05) is 0 Å². The predicted octanol–water partition coefficient (Wildman–Crippen LogP) is 2.21. The molecule has 0 bridgehead atoms. The third-order valence-corrected chi connectivity index (χ3v) is 2.59. The molecule has 0 heterocycles. The highest BCUT2D eigenvalue weighted by Gasteiger charge is 2.24. The first-order valence-corrected chi connectivity index (χ1v) is 4.60. The van der Waals surface area contributed by atoms with Crippen LogP contribution in [-0.4, -0.2) is 16.2 Å². The van der Waals surface area contributed by atoms with Crippen molar-refractivity contribution >= 4 is 17.6 Å². The summed E-state index contributed by atoms with van der Waals surface area (Å²) in [4.78, 5) is 10.6. The Morgan fingerprint density at radius 1 is 1.53 bits per heavy atom. The highest BCUT2D eigenvalue weighted by Crippen LogP contribution is 2.29. The number of benzene rings is 1. The van der Waals surface area contributed by atoms with Crippen molar-refractivity contribution in [3.63, 3.8) is 0 Å². The lowest BCUT2D eigenvalue weighted by Crippen LogP contribution is -2.14. The van der Waals surface area contributed by atoms with E-state index in [9.17, 15) is 14.3 Å². The largest absolute Gasteiger partial charge is 0.479 e. The van der Waals surface area contributed by atoms with E-state index in [4.69, 9.17) is 16.7 Å². The second-order valence-corrected chi connectivity index (χ2v) is 3.68. The van der Waals surface area contributed by atoms with Crippen molar-refractivity contribution in [2.45, 2.75) is 20.0 Å². The van der Waals surface area contributed by atoms with Crippen LogP contribution in [0, 0.1) is 19.7 Å². The lowest BCUT2D eigenvalue weighted by Gasteiger charge is -2.13. The van der Waals surface area contributed by atoms with Gasteiger partial charge in [0.1, 0.15) is 5.82 Å². The molecule has 0 saturated heterocycles. The fraction of sp³-hybridized carbons (Fsp3) is 0.300. The first kappa shape index (κ1) is 11.9. The maximum atomic E-state index is 13.6. The van der Waals surface area contributed by atoms with Gasteiger partial charge in [0.2, 0.25) is 0 Å². The number of aryl methyl sites for hydroxylation is 1. The number of carbonyl (C=O) groups is 1. The van der Waals surface area contributed by atoms with Gasteiger partial charge < -0.3 is 10.2 Å². The molecule has 0 saturated carbocycles. The van der Waals surface area contributed by atoms with Gasteiger partial charge in [-0.05, 0) is 31.0 Å². The minimum Gasteiger partial charge on any atom is -0.479 e. The molecule has 1 unspecified atom stereocenters. The van der Waals surface area contributed by atoms with Crippen molar-refractivity contribution in [1.82, 2.24) is 0 Å². The topological polar surface area (TPSA) is 57.5 Å². The van der Waals surface area contributed by atoms with E-state index in [2.05, 4.69) is 0 Å². The molecule has 5 heteroatoms. The molecule has 0 aliphatic carbocycles. The monoisotopic (exact) mass is 232 g/mol. The van der Waals surface area contributed by atoms with E-state index in [1.165, 1.54) is 19.9 Å². The van der Waals surface area contributed by atoms with Gasteiger partial charge in [0.15, 0.2) is 6.10 Å². The Bertz CT molecular complexity index is 391. The third kappa shape index (κ3) is 2.11. The van der Waals surface area contributed by atoms with Crippen molar-refractivity contribution in [2.24, 2.45) is 0 Å². The van der Waals surface area contributed by atoms with Crippen LogP contribution in [0.3, 0.4) is 0 Å². The number of aliphatic hydroxyl groups excluding tert-OH is 1. The zero-order valence-electron chi connectivity index (χ0n) is 8.21. The maximum absolute atomic E-state index is 13.6. The molecule has 2 N–H and O–H groups in total. The highest BCUT2D eigenvalue weighted by molar-refractivity contribution is 6.31. The SMILES string of the molecule is Cc1cc(Cl)c(C)c(C(O)C(=O)O)c1F. The van der Waals surface area contributed by atoms with Gasteiger partial charge in [-0.1, -0.05) is 11.6 Å². The van der Waals surface area contributed by atoms with E-state index in [-0.39, 0.29) is 21.7 Å². The van der Waals surface area contributed by atoms with Crippen LogP contribution in [0.2, 0.25) is 5.02 Å². The Hall–Kier alpha value is -1.13. The summed E-state index contributed by atoms with van der Waals surface area (Å²) in [5.74, 6) is -2.23. The molecule has 3 nitrogen and oxygen atoms in total. The van der Waals surface area contributed by atoms with Gasteiger partial charge in [0, 0.05) is 10.6 Å². The molecule has 0 aliphatic heterocycles. The van der Waals surface area contributed by atoms with Gasteiger partial charge in [0.25, 0.3) is 0 Å².